The van der Waals surface area contributed by atoms with Crippen LogP contribution in [0.15, 0.2) is 11.6 Å². The van der Waals surface area contributed by atoms with Gasteiger partial charge in [0.2, 0.25) is 0 Å². The summed E-state index contributed by atoms with van der Waals surface area (Å²) in [5, 5.41) is 11.1. The molecule has 4 aliphatic rings. The third-order valence-electron chi connectivity index (χ3n) is 9.97. The maximum Gasteiger partial charge on any atom is 0.0650 e. The van der Waals surface area contributed by atoms with Crippen molar-refractivity contribution in [2.75, 3.05) is 0 Å². The molecule has 26 heavy (non-hydrogen) atoms. The fraction of sp³-hybridized carbons (Fsp3) is 0.920. The molecule has 4 fully saturated rings. The van der Waals surface area contributed by atoms with E-state index in [0.29, 0.717) is 10.8 Å². The Morgan fingerprint density at radius 1 is 1.04 bits per heavy atom. The minimum Gasteiger partial charge on any atom is -0.390 e. The van der Waals surface area contributed by atoms with Gasteiger partial charge in [0.05, 0.1) is 5.60 Å². The molecule has 0 aromatic heterocycles. The van der Waals surface area contributed by atoms with Crippen LogP contribution >= 0.6 is 0 Å². The minimum atomic E-state index is -0.349. The smallest absolute Gasteiger partial charge is 0.0650 e. The highest BCUT2D eigenvalue weighted by molar-refractivity contribution is 5.21. The van der Waals surface area contributed by atoms with Gasteiger partial charge in [0.25, 0.3) is 0 Å². The lowest BCUT2D eigenvalue weighted by Crippen LogP contribution is -2.56. The first-order valence-electron chi connectivity index (χ1n) is 11.7. The molecule has 1 nitrogen and oxygen atoms in total. The quantitative estimate of drug-likeness (QED) is 0.532. The molecule has 1 heteroatoms. The van der Waals surface area contributed by atoms with Gasteiger partial charge >= 0.3 is 0 Å². The van der Waals surface area contributed by atoms with Crippen LogP contribution in [0.5, 0.6) is 0 Å². The largest absolute Gasteiger partial charge is 0.390 e. The summed E-state index contributed by atoms with van der Waals surface area (Å²) in [6.45, 7) is 9.75. The van der Waals surface area contributed by atoms with Crippen LogP contribution in [0.4, 0.5) is 0 Å². The zero-order chi connectivity index (χ0) is 18.6. The highest BCUT2D eigenvalue weighted by Gasteiger charge is 2.59. The molecule has 4 rings (SSSR count). The van der Waals surface area contributed by atoms with Crippen LogP contribution in [0.1, 0.15) is 105 Å². The first kappa shape index (κ1) is 19.0. The number of hydrogen-bond donors (Lipinski definition) is 1. The van der Waals surface area contributed by atoms with Crippen LogP contribution in [0, 0.1) is 34.5 Å². The predicted molar refractivity (Wildman–Crippen MR) is 110 cm³/mol. The average molecular weight is 359 g/mol. The van der Waals surface area contributed by atoms with E-state index in [-0.39, 0.29) is 5.60 Å². The molecule has 7 atom stereocenters. The van der Waals surface area contributed by atoms with Crippen LogP contribution in [0.3, 0.4) is 0 Å². The third-order valence-corrected chi connectivity index (χ3v) is 9.97. The van der Waals surface area contributed by atoms with E-state index >= 15 is 0 Å². The molecule has 4 saturated carbocycles. The number of aliphatic hydroxyl groups is 1. The van der Waals surface area contributed by atoms with Gasteiger partial charge in [0.15, 0.2) is 0 Å². The van der Waals surface area contributed by atoms with Crippen LogP contribution in [-0.4, -0.2) is 10.7 Å². The van der Waals surface area contributed by atoms with Crippen molar-refractivity contribution in [3.63, 3.8) is 0 Å². The zero-order valence-electron chi connectivity index (χ0n) is 17.8. The number of rotatable bonds is 2. The van der Waals surface area contributed by atoms with E-state index < -0.39 is 0 Å². The van der Waals surface area contributed by atoms with Crippen molar-refractivity contribution in [1.82, 2.24) is 0 Å². The molecule has 0 amide bonds. The normalized spacial score (nSPS) is 52.9. The Morgan fingerprint density at radius 2 is 1.85 bits per heavy atom. The van der Waals surface area contributed by atoms with Gasteiger partial charge in [0.1, 0.15) is 0 Å². The first-order valence-corrected chi connectivity index (χ1v) is 11.7. The summed E-state index contributed by atoms with van der Waals surface area (Å²) in [4.78, 5) is 0. The number of fused-ring (bicyclic) bond motifs is 5. The van der Waals surface area contributed by atoms with E-state index in [2.05, 4.69) is 33.8 Å². The fourth-order valence-electron chi connectivity index (χ4n) is 8.54. The Bertz CT molecular complexity index is 565. The topological polar surface area (TPSA) is 20.2 Å². The van der Waals surface area contributed by atoms with Crippen molar-refractivity contribution in [1.29, 1.82) is 0 Å². The van der Waals surface area contributed by atoms with E-state index in [9.17, 15) is 5.11 Å². The van der Waals surface area contributed by atoms with Crippen LogP contribution in [-0.2, 0) is 0 Å². The van der Waals surface area contributed by atoms with E-state index in [1.54, 1.807) is 5.57 Å². The van der Waals surface area contributed by atoms with Gasteiger partial charge in [-0.15, -0.1) is 0 Å². The molecule has 0 aromatic rings. The zero-order valence-corrected chi connectivity index (χ0v) is 17.8. The van der Waals surface area contributed by atoms with Crippen LogP contribution < -0.4 is 0 Å². The number of hydrogen-bond acceptors (Lipinski definition) is 1. The van der Waals surface area contributed by atoms with E-state index in [4.69, 9.17) is 0 Å². The maximum absolute atomic E-state index is 11.1. The molecule has 0 unspecified atom stereocenters. The molecule has 0 spiro atoms. The van der Waals surface area contributed by atoms with Crippen molar-refractivity contribution in [2.24, 2.45) is 34.5 Å². The second-order valence-corrected chi connectivity index (χ2v) is 11.0. The van der Waals surface area contributed by atoms with Crippen LogP contribution in [0.25, 0.3) is 0 Å². The van der Waals surface area contributed by atoms with Gasteiger partial charge < -0.3 is 5.11 Å². The molecule has 0 bridgehead atoms. The molecule has 0 aromatic carbocycles. The van der Waals surface area contributed by atoms with Crippen molar-refractivity contribution < 1.29 is 5.11 Å². The van der Waals surface area contributed by atoms with Gasteiger partial charge in [-0.1, -0.05) is 38.8 Å². The minimum absolute atomic E-state index is 0.349. The van der Waals surface area contributed by atoms with E-state index in [1.807, 2.05) is 0 Å². The van der Waals surface area contributed by atoms with Crippen molar-refractivity contribution in [2.45, 2.75) is 110 Å². The molecule has 0 aliphatic heterocycles. The Labute approximate surface area is 162 Å². The lowest BCUT2D eigenvalue weighted by Gasteiger charge is -2.63. The Hall–Kier alpha value is -0.300. The summed E-state index contributed by atoms with van der Waals surface area (Å²) < 4.78 is 0. The molecular weight excluding hydrogens is 316 g/mol. The second-order valence-electron chi connectivity index (χ2n) is 11.0. The Balaban J connectivity index is 1.58. The van der Waals surface area contributed by atoms with Gasteiger partial charge in [-0.05, 0) is 112 Å². The molecule has 1 N–H and O–H groups in total. The Kier molecular flexibility index (Phi) is 4.86. The van der Waals surface area contributed by atoms with Crippen molar-refractivity contribution in [3.05, 3.63) is 11.6 Å². The highest BCUT2D eigenvalue weighted by Crippen LogP contribution is 2.67. The molecule has 148 valence electrons. The predicted octanol–water partition coefficient (Wildman–Crippen LogP) is 6.90. The molecule has 4 aliphatic carbocycles. The van der Waals surface area contributed by atoms with Gasteiger partial charge in [-0.3, -0.25) is 0 Å². The summed E-state index contributed by atoms with van der Waals surface area (Å²) in [6.07, 6.45) is 17.9. The first-order chi connectivity index (χ1) is 12.4. The molecule has 0 radical (unpaired) electrons. The molecule has 0 saturated heterocycles. The van der Waals surface area contributed by atoms with Crippen LogP contribution in [0.2, 0.25) is 0 Å². The van der Waals surface area contributed by atoms with Gasteiger partial charge in [-0.2, -0.15) is 0 Å². The van der Waals surface area contributed by atoms with E-state index in [1.165, 1.54) is 51.4 Å². The van der Waals surface area contributed by atoms with Crippen molar-refractivity contribution >= 4 is 0 Å². The lowest BCUT2D eigenvalue weighted by atomic mass is 9.42. The summed E-state index contributed by atoms with van der Waals surface area (Å²) in [6, 6.07) is 0. The molecular formula is C25H42O. The Morgan fingerprint density at radius 3 is 2.58 bits per heavy atom. The summed E-state index contributed by atoms with van der Waals surface area (Å²) in [7, 11) is 0. The third kappa shape index (κ3) is 2.75. The summed E-state index contributed by atoms with van der Waals surface area (Å²) >= 11 is 0. The maximum atomic E-state index is 11.1. The monoisotopic (exact) mass is 358 g/mol. The van der Waals surface area contributed by atoms with Crippen molar-refractivity contribution in [3.8, 4) is 0 Å². The molecule has 0 heterocycles. The second kappa shape index (κ2) is 6.64. The summed E-state index contributed by atoms with van der Waals surface area (Å²) in [5.74, 6) is 3.56. The lowest BCUT2D eigenvalue weighted by molar-refractivity contribution is -0.152. The summed E-state index contributed by atoms with van der Waals surface area (Å²) in [5.41, 5.74) is 2.42. The highest BCUT2D eigenvalue weighted by atomic mass is 16.3. The average Bonchev–Trinajstić information content (AvgIpc) is 2.61. The fourth-order valence-corrected chi connectivity index (χ4v) is 8.54. The van der Waals surface area contributed by atoms with Gasteiger partial charge in [0, 0.05) is 0 Å². The standard InChI is InChI=1S/C25H42O/c1-5-13-25(26)16-15-24(4)19(17-25)10-11-20-21-9-7-8-18(6-2)23(21,3)14-12-22(20)24/h6,19-22,26H,5,7-17H2,1-4H3/b18-6-/t19-,20-,21-,22-,23+,24-,25+/m0/s1. The van der Waals surface area contributed by atoms with E-state index in [0.717, 1.165) is 49.4 Å². The SMILES string of the molecule is C/C=C1/CCC[C@H]2[C@@H]3CC[C@H]4C[C@@](O)(CCC)CC[C@]4(C)[C@H]3CC[C@]12C. The number of allylic oxidation sites excluding steroid dienone is 2. The van der Waals surface area contributed by atoms with Gasteiger partial charge in [-0.25, -0.2) is 0 Å².